The molecule has 0 aliphatic carbocycles. The Morgan fingerprint density at radius 1 is 1.59 bits per heavy atom. The van der Waals surface area contributed by atoms with Crippen LogP contribution in [0.2, 0.25) is 0 Å². The lowest BCUT2D eigenvalue weighted by atomic mass is 10.0. The zero-order valence-electron chi connectivity index (χ0n) is 9.30. The standard InChI is InChI=1S/C12H11ClFNO2/c1-2-17-11(16)5-8-3-9(6-13)12(14)10(4-8)7-15/h3-4H,2,5-6H2,1H3. The van der Waals surface area contributed by atoms with Crippen molar-refractivity contribution in [3.8, 4) is 6.07 Å². The molecule has 90 valence electrons. The summed E-state index contributed by atoms with van der Waals surface area (Å²) in [7, 11) is 0. The summed E-state index contributed by atoms with van der Waals surface area (Å²) in [5, 5.41) is 8.75. The van der Waals surface area contributed by atoms with E-state index in [4.69, 9.17) is 21.6 Å². The molecular formula is C12H11ClFNO2. The molecule has 1 aromatic rings. The van der Waals surface area contributed by atoms with Gasteiger partial charge in [0.2, 0.25) is 0 Å². The molecule has 17 heavy (non-hydrogen) atoms. The molecular weight excluding hydrogens is 245 g/mol. The lowest BCUT2D eigenvalue weighted by molar-refractivity contribution is -0.142. The Labute approximate surface area is 104 Å². The number of halogens is 2. The molecule has 0 heterocycles. The van der Waals surface area contributed by atoms with E-state index >= 15 is 0 Å². The van der Waals surface area contributed by atoms with Crippen LogP contribution in [0.3, 0.4) is 0 Å². The number of hydrogen-bond acceptors (Lipinski definition) is 3. The molecule has 1 rings (SSSR count). The van der Waals surface area contributed by atoms with Gasteiger partial charge in [0.1, 0.15) is 11.9 Å². The highest BCUT2D eigenvalue weighted by Crippen LogP contribution is 2.18. The van der Waals surface area contributed by atoms with Crippen LogP contribution in [0.25, 0.3) is 0 Å². The number of hydrogen-bond donors (Lipinski definition) is 0. The van der Waals surface area contributed by atoms with Crippen LogP contribution < -0.4 is 0 Å². The number of rotatable bonds is 4. The number of esters is 1. The fourth-order valence-electron chi connectivity index (χ4n) is 1.41. The van der Waals surface area contributed by atoms with Crippen LogP contribution in [0.1, 0.15) is 23.6 Å². The molecule has 1 aromatic carbocycles. The Hall–Kier alpha value is -1.60. The van der Waals surface area contributed by atoms with Crippen molar-refractivity contribution in [3.63, 3.8) is 0 Å². The molecule has 0 saturated carbocycles. The van der Waals surface area contributed by atoms with Gasteiger partial charge in [-0.05, 0) is 18.6 Å². The van der Waals surface area contributed by atoms with Gasteiger partial charge in [0.25, 0.3) is 0 Å². The number of carbonyl (C=O) groups excluding carboxylic acids is 1. The van der Waals surface area contributed by atoms with E-state index in [9.17, 15) is 9.18 Å². The van der Waals surface area contributed by atoms with Crippen LogP contribution in [0.4, 0.5) is 4.39 Å². The van der Waals surface area contributed by atoms with Crippen molar-refractivity contribution >= 4 is 17.6 Å². The predicted molar refractivity (Wildman–Crippen MR) is 61.0 cm³/mol. The minimum Gasteiger partial charge on any atom is -0.466 e. The minimum absolute atomic E-state index is 0.00664. The molecule has 0 aromatic heterocycles. The van der Waals surface area contributed by atoms with E-state index in [2.05, 4.69) is 0 Å². The summed E-state index contributed by atoms with van der Waals surface area (Å²) in [6, 6.07) is 4.54. The first-order valence-electron chi connectivity index (χ1n) is 5.05. The van der Waals surface area contributed by atoms with Crippen molar-refractivity contribution in [1.82, 2.24) is 0 Å². The second kappa shape index (κ2) is 6.21. The Bertz CT molecular complexity index is 468. The average Bonchev–Trinajstić information content (AvgIpc) is 2.31. The first-order chi connectivity index (χ1) is 8.12. The van der Waals surface area contributed by atoms with Gasteiger partial charge in [0, 0.05) is 5.56 Å². The maximum atomic E-state index is 13.5. The van der Waals surface area contributed by atoms with Crippen LogP contribution in [0.15, 0.2) is 12.1 Å². The van der Waals surface area contributed by atoms with Crippen molar-refractivity contribution in [2.24, 2.45) is 0 Å². The highest BCUT2D eigenvalue weighted by molar-refractivity contribution is 6.17. The van der Waals surface area contributed by atoms with Gasteiger partial charge in [0.15, 0.2) is 0 Å². The third-order valence-corrected chi connectivity index (χ3v) is 2.41. The molecule has 3 nitrogen and oxygen atoms in total. The SMILES string of the molecule is CCOC(=O)Cc1cc(C#N)c(F)c(CCl)c1. The number of nitrogens with zero attached hydrogens (tertiary/aromatic N) is 1. The fraction of sp³-hybridized carbons (Fsp3) is 0.333. The molecule has 0 radical (unpaired) electrons. The molecule has 0 unspecified atom stereocenters. The lowest BCUT2D eigenvalue weighted by Crippen LogP contribution is -2.08. The zero-order chi connectivity index (χ0) is 12.8. The van der Waals surface area contributed by atoms with Gasteiger partial charge in [-0.3, -0.25) is 4.79 Å². The molecule has 0 N–H and O–H groups in total. The number of carbonyl (C=O) groups is 1. The monoisotopic (exact) mass is 255 g/mol. The number of ether oxygens (including phenoxy) is 1. The van der Waals surface area contributed by atoms with E-state index in [-0.39, 0.29) is 30.0 Å². The van der Waals surface area contributed by atoms with E-state index in [1.165, 1.54) is 12.1 Å². The van der Waals surface area contributed by atoms with Gasteiger partial charge in [0.05, 0.1) is 24.5 Å². The summed E-state index contributed by atoms with van der Waals surface area (Å²) >= 11 is 5.57. The second-order valence-electron chi connectivity index (χ2n) is 3.34. The normalized spacial score (nSPS) is 9.76. The van der Waals surface area contributed by atoms with Gasteiger partial charge >= 0.3 is 5.97 Å². The summed E-state index contributed by atoms with van der Waals surface area (Å²) < 4.78 is 18.3. The van der Waals surface area contributed by atoms with Gasteiger partial charge in [-0.1, -0.05) is 6.07 Å². The predicted octanol–water partition coefficient (Wildman–Crippen LogP) is 2.54. The quantitative estimate of drug-likeness (QED) is 0.614. The molecule has 0 aliphatic heterocycles. The molecule has 0 aliphatic rings. The molecule has 0 bridgehead atoms. The van der Waals surface area contributed by atoms with Crippen LogP contribution in [-0.2, 0) is 21.8 Å². The Kier molecular flexibility index (Phi) is 4.92. The highest BCUT2D eigenvalue weighted by atomic mass is 35.5. The Morgan fingerprint density at radius 2 is 2.29 bits per heavy atom. The minimum atomic E-state index is -0.630. The molecule has 0 spiro atoms. The van der Waals surface area contributed by atoms with Crippen LogP contribution in [0, 0.1) is 17.1 Å². The van der Waals surface area contributed by atoms with E-state index in [1.54, 1.807) is 13.0 Å². The Morgan fingerprint density at radius 3 is 2.82 bits per heavy atom. The summed E-state index contributed by atoms with van der Waals surface area (Å²) in [4.78, 5) is 11.3. The maximum absolute atomic E-state index is 13.5. The highest BCUT2D eigenvalue weighted by Gasteiger charge is 2.12. The topological polar surface area (TPSA) is 50.1 Å². The van der Waals surface area contributed by atoms with Crippen molar-refractivity contribution < 1.29 is 13.9 Å². The van der Waals surface area contributed by atoms with Crippen molar-refractivity contribution in [1.29, 1.82) is 5.26 Å². The smallest absolute Gasteiger partial charge is 0.310 e. The van der Waals surface area contributed by atoms with Crippen molar-refractivity contribution in [3.05, 3.63) is 34.6 Å². The van der Waals surface area contributed by atoms with E-state index in [1.807, 2.05) is 0 Å². The second-order valence-corrected chi connectivity index (χ2v) is 3.61. The van der Waals surface area contributed by atoms with E-state index < -0.39 is 11.8 Å². The molecule has 0 fully saturated rings. The number of benzene rings is 1. The largest absolute Gasteiger partial charge is 0.466 e. The fourth-order valence-corrected chi connectivity index (χ4v) is 1.60. The number of nitriles is 1. The Balaban J connectivity index is 3.02. The summed E-state index contributed by atoms with van der Waals surface area (Å²) in [5.41, 5.74) is 0.629. The lowest BCUT2D eigenvalue weighted by Gasteiger charge is -2.06. The third-order valence-electron chi connectivity index (χ3n) is 2.13. The first kappa shape index (κ1) is 13.5. The van der Waals surface area contributed by atoms with E-state index in [0.717, 1.165) is 0 Å². The van der Waals surface area contributed by atoms with Crippen LogP contribution in [-0.4, -0.2) is 12.6 Å². The average molecular weight is 256 g/mol. The summed E-state index contributed by atoms with van der Waals surface area (Å²) in [6.07, 6.45) is 0.00664. The number of alkyl halides is 1. The van der Waals surface area contributed by atoms with Gasteiger partial charge < -0.3 is 4.74 Å². The van der Waals surface area contributed by atoms with E-state index in [0.29, 0.717) is 5.56 Å². The van der Waals surface area contributed by atoms with Crippen molar-refractivity contribution in [2.75, 3.05) is 6.61 Å². The molecule has 0 amide bonds. The molecule has 5 heteroatoms. The van der Waals surface area contributed by atoms with Crippen LogP contribution in [0.5, 0.6) is 0 Å². The zero-order valence-corrected chi connectivity index (χ0v) is 10.1. The van der Waals surface area contributed by atoms with Gasteiger partial charge in [-0.15, -0.1) is 11.6 Å². The van der Waals surface area contributed by atoms with Crippen LogP contribution >= 0.6 is 11.6 Å². The van der Waals surface area contributed by atoms with Gasteiger partial charge in [-0.25, -0.2) is 4.39 Å². The summed E-state index contributed by atoms with van der Waals surface area (Å²) in [5.74, 6) is -1.09. The maximum Gasteiger partial charge on any atom is 0.310 e. The molecule has 0 atom stereocenters. The summed E-state index contributed by atoms with van der Waals surface area (Å²) in [6.45, 7) is 1.99. The third kappa shape index (κ3) is 3.43. The van der Waals surface area contributed by atoms with Crippen molar-refractivity contribution in [2.45, 2.75) is 19.2 Å². The van der Waals surface area contributed by atoms with Gasteiger partial charge in [-0.2, -0.15) is 5.26 Å². The first-order valence-corrected chi connectivity index (χ1v) is 5.58. The molecule has 0 saturated heterocycles.